The van der Waals surface area contributed by atoms with Crippen LogP contribution in [0.4, 0.5) is 11.6 Å². The number of nitrogens with two attached hydrogens (primary N) is 1. The van der Waals surface area contributed by atoms with Crippen molar-refractivity contribution in [3.63, 3.8) is 0 Å². The molecule has 0 amide bonds. The van der Waals surface area contributed by atoms with E-state index in [0.29, 0.717) is 23.5 Å². The molecule has 11 heteroatoms. The van der Waals surface area contributed by atoms with Crippen molar-refractivity contribution in [2.45, 2.75) is 32.4 Å². The van der Waals surface area contributed by atoms with Crippen LogP contribution in [-0.2, 0) is 6.54 Å². The number of hydrogen-bond acceptors (Lipinski definition) is 10. The number of imidazole rings is 1. The predicted molar refractivity (Wildman–Crippen MR) is 173 cm³/mol. The van der Waals surface area contributed by atoms with Crippen LogP contribution >= 0.6 is 0 Å². The molecule has 45 heavy (non-hydrogen) atoms. The number of aromatic nitrogens is 7. The van der Waals surface area contributed by atoms with Crippen LogP contribution in [0.3, 0.4) is 0 Å². The third kappa shape index (κ3) is 5.91. The van der Waals surface area contributed by atoms with E-state index in [9.17, 15) is 0 Å². The summed E-state index contributed by atoms with van der Waals surface area (Å²) in [4.78, 5) is 29.4. The molecule has 3 N–H and O–H groups in total. The Morgan fingerprint density at radius 2 is 1.80 bits per heavy atom. The molecule has 222 valence electrons. The Labute approximate surface area is 260 Å². The molecule has 5 aromatic heterocycles. The monoisotopic (exact) mass is 593 g/mol. The standard InChI is InChI=1S/C34H31N11/c1-22-17-24(20-37-19-22)28-8-9-29-34(41-28)45(33(42-29)27-3-2-13-39-32(27)36)26-6-4-23(5-7-26)21-44-15-11-25(12-16-44)40-30-10-14-38-31(18-35)43-30/h2-10,13-14,17,19-20,25H,11-12,15-16,21H2,1H3,(H2,36,39)(H,38,40,43). The number of nitrogens with one attached hydrogen (secondary N) is 1. The zero-order valence-electron chi connectivity index (χ0n) is 24.8. The number of nitrogen functional groups attached to an aromatic ring is 1. The van der Waals surface area contributed by atoms with Crippen LogP contribution in [0.5, 0.6) is 0 Å². The number of benzene rings is 1. The van der Waals surface area contributed by atoms with Gasteiger partial charge in [-0.1, -0.05) is 12.1 Å². The highest BCUT2D eigenvalue weighted by molar-refractivity contribution is 5.84. The molecule has 1 aliphatic heterocycles. The highest BCUT2D eigenvalue weighted by Crippen LogP contribution is 2.32. The number of hydrogen-bond donors (Lipinski definition) is 2. The van der Waals surface area contributed by atoms with E-state index in [2.05, 4.69) is 65.1 Å². The fourth-order valence-corrected chi connectivity index (χ4v) is 5.79. The summed E-state index contributed by atoms with van der Waals surface area (Å²) in [6, 6.07) is 22.5. The van der Waals surface area contributed by atoms with Crippen molar-refractivity contribution in [3.8, 4) is 34.4 Å². The number of nitrogens with zero attached hydrogens (tertiary/aromatic N) is 9. The number of anilines is 2. The van der Waals surface area contributed by atoms with Crippen molar-refractivity contribution in [1.29, 1.82) is 5.26 Å². The van der Waals surface area contributed by atoms with Crippen LogP contribution in [-0.4, -0.2) is 58.5 Å². The zero-order chi connectivity index (χ0) is 30.8. The molecule has 0 spiro atoms. The van der Waals surface area contributed by atoms with Gasteiger partial charge in [0.25, 0.3) is 0 Å². The second-order valence-electron chi connectivity index (χ2n) is 11.2. The van der Waals surface area contributed by atoms with Crippen LogP contribution in [0.1, 0.15) is 29.8 Å². The third-order valence-corrected chi connectivity index (χ3v) is 8.05. The van der Waals surface area contributed by atoms with Crippen molar-refractivity contribution in [3.05, 3.63) is 102 Å². The molecule has 11 nitrogen and oxygen atoms in total. The number of pyridine rings is 3. The fourth-order valence-electron chi connectivity index (χ4n) is 5.79. The van der Waals surface area contributed by atoms with E-state index in [-0.39, 0.29) is 5.82 Å². The molecule has 0 bridgehead atoms. The first-order chi connectivity index (χ1) is 22.0. The van der Waals surface area contributed by atoms with Gasteiger partial charge in [0.1, 0.15) is 23.2 Å². The molecular weight excluding hydrogens is 562 g/mol. The highest BCUT2D eigenvalue weighted by atomic mass is 15.2. The second-order valence-corrected chi connectivity index (χ2v) is 11.2. The first-order valence-corrected chi connectivity index (χ1v) is 14.9. The van der Waals surface area contributed by atoms with Gasteiger partial charge in [0, 0.05) is 61.7 Å². The lowest BCUT2D eigenvalue weighted by molar-refractivity contribution is 0.211. The van der Waals surface area contributed by atoms with E-state index in [1.807, 2.05) is 55.7 Å². The summed E-state index contributed by atoms with van der Waals surface area (Å²) in [6.07, 6.45) is 8.95. The Morgan fingerprint density at radius 3 is 2.58 bits per heavy atom. The van der Waals surface area contributed by atoms with Crippen LogP contribution in [0.2, 0.25) is 0 Å². The number of fused-ring (bicyclic) bond motifs is 1. The van der Waals surface area contributed by atoms with Gasteiger partial charge in [-0.05, 0) is 79.4 Å². The van der Waals surface area contributed by atoms with E-state index < -0.39 is 0 Å². The minimum absolute atomic E-state index is 0.181. The first kappa shape index (κ1) is 28.1. The number of likely N-dealkylation sites (tertiary alicyclic amines) is 1. The van der Waals surface area contributed by atoms with E-state index in [4.69, 9.17) is 21.0 Å². The van der Waals surface area contributed by atoms with Gasteiger partial charge in [-0.15, -0.1) is 0 Å². The molecule has 1 aliphatic rings. The molecule has 6 heterocycles. The minimum Gasteiger partial charge on any atom is -0.383 e. The molecule has 1 saturated heterocycles. The molecule has 1 fully saturated rings. The van der Waals surface area contributed by atoms with Crippen LogP contribution in [0.25, 0.3) is 39.5 Å². The van der Waals surface area contributed by atoms with E-state index in [0.717, 1.165) is 71.7 Å². The summed E-state index contributed by atoms with van der Waals surface area (Å²) in [5.74, 6) is 1.99. The molecule has 7 rings (SSSR count). The normalized spacial score (nSPS) is 14.0. The summed E-state index contributed by atoms with van der Waals surface area (Å²) in [5.41, 5.74) is 13.6. The van der Waals surface area contributed by atoms with Gasteiger partial charge < -0.3 is 11.1 Å². The summed E-state index contributed by atoms with van der Waals surface area (Å²) in [5, 5.41) is 12.5. The van der Waals surface area contributed by atoms with Gasteiger partial charge in [-0.3, -0.25) is 14.5 Å². The summed E-state index contributed by atoms with van der Waals surface area (Å²) in [6.45, 7) is 4.81. The molecule has 0 atom stereocenters. The highest BCUT2D eigenvalue weighted by Gasteiger charge is 2.21. The Balaban J connectivity index is 1.13. The summed E-state index contributed by atoms with van der Waals surface area (Å²) >= 11 is 0. The lowest BCUT2D eigenvalue weighted by Crippen LogP contribution is -2.38. The lowest BCUT2D eigenvalue weighted by atomic mass is 10.0. The smallest absolute Gasteiger partial charge is 0.234 e. The van der Waals surface area contributed by atoms with Crippen molar-refractivity contribution < 1.29 is 0 Å². The molecular formula is C34H31N11. The maximum absolute atomic E-state index is 9.07. The van der Waals surface area contributed by atoms with Crippen LogP contribution in [0.15, 0.2) is 85.5 Å². The summed E-state index contributed by atoms with van der Waals surface area (Å²) < 4.78 is 2.06. The topological polar surface area (TPSA) is 147 Å². The average Bonchev–Trinajstić information content (AvgIpc) is 3.45. The van der Waals surface area contributed by atoms with Crippen molar-refractivity contribution in [1.82, 2.24) is 39.4 Å². The molecule has 1 aromatic carbocycles. The third-order valence-electron chi connectivity index (χ3n) is 8.05. The zero-order valence-corrected chi connectivity index (χ0v) is 24.8. The van der Waals surface area contributed by atoms with Crippen molar-refractivity contribution in [2.75, 3.05) is 24.1 Å². The Kier molecular flexibility index (Phi) is 7.55. The van der Waals surface area contributed by atoms with E-state index in [1.54, 1.807) is 12.4 Å². The van der Waals surface area contributed by atoms with E-state index >= 15 is 0 Å². The molecule has 0 saturated carbocycles. The molecule has 0 unspecified atom stereocenters. The van der Waals surface area contributed by atoms with Gasteiger partial charge in [0.05, 0.1) is 11.3 Å². The summed E-state index contributed by atoms with van der Waals surface area (Å²) in [7, 11) is 0. The molecule has 0 radical (unpaired) electrons. The number of rotatable bonds is 7. The fraction of sp³-hybridized carbons (Fsp3) is 0.206. The Morgan fingerprint density at radius 1 is 0.956 bits per heavy atom. The van der Waals surface area contributed by atoms with E-state index in [1.165, 1.54) is 5.56 Å². The Bertz CT molecular complexity index is 2020. The number of piperidine rings is 1. The van der Waals surface area contributed by atoms with Gasteiger partial charge in [0.2, 0.25) is 5.82 Å². The van der Waals surface area contributed by atoms with Gasteiger partial charge in [-0.2, -0.15) is 5.26 Å². The van der Waals surface area contributed by atoms with Crippen LogP contribution in [0, 0.1) is 18.3 Å². The maximum atomic E-state index is 9.07. The second kappa shape index (κ2) is 12.1. The minimum atomic E-state index is 0.181. The van der Waals surface area contributed by atoms with Gasteiger partial charge in [0.15, 0.2) is 11.5 Å². The van der Waals surface area contributed by atoms with Gasteiger partial charge >= 0.3 is 0 Å². The van der Waals surface area contributed by atoms with Crippen molar-refractivity contribution in [2.24, 2.45) is 0 Å². The first-order valence-electron chi connectivity index (χ1n) is 14.9. The quantitative estimate of drug-likeness (QED) is 0.254. The van der Waals surface area contributed by atoms with Crippen molar-refractivity contribution >= 4 is 22.8 Å². The van der Waals surface area contributed by atoms with Crippen LogP contribution < -0.4 is 11.1 Å². The predicted octanol–water partition coefficient (Wildman–Crippen LogP) is 5.17. The van der Waals surface area contributed by atoms with Gasteiger partial charge in [-0.25, -0.2) is 24.9 Å². The Hall–Kier alpha value is -5.73. The number of nitriles is 1. The largest absolute Gasteiger partial charge is 0.383 e. The maximum Gasteiger partial charge on any atom is 0.234 e. The molecule has 6 aromatic rings. The SMILES string of the molecule is Cc1cncc(-c2ccc3nc(-c4cccnc4N)n(-c4ccc(CN5CCC(Nc6ccnc(C#N)n6)CC5)cc4)c3n2)c1. The average molecular weight is 594 g/mol. The number of aryl methyl sites for hydroxylation is 1. The molecule has 0 aliphatic carbocycles. The lowest BCUT2D eigenvalue weighted by Gasteiger charge is -2.32.